The summed E-state index contributed by atoms with van der Waals surface area (Å²) in [5, 5.41) is 4.06. The zero-order valence-corrected chi connectivity index (χ0v) is 24.9. The number of nitrogens with zero attached hydrogens (tertiary/aromatic N) is 2. The highest BCUT2D eigenvalue weighted by atomic mass is 32.1. The van der Waals surface area contributed by atoms with Gasteiger partial charge in [0, 0.05) is 29.2 Å². The number of carbonyl (C=O) groups excluding carboxylic acids is 2. The molecule has 182 valence electrons. The molecule has 2 aromatic rings. The van der Waals surface area contributed by atoms with E-state index < -0.39 is 16.1 Å². The lowest BCUT2D eigenvalue weighted by Crippen LogP contribution is -2.32. The van der Waals surface area contributed by atoms with Gasteiger partial charge in [-0.15, -0.1) is 22.7 Å². The molecule has 2 amide bonds. The lowest BCUT2D eigenvalue weighted by molar-refractivity contribution is -0.124. The minimum absolute atomic E-state index is 0.00146. The Kier molecular flexibility index (Phi) is 7.25. The van der Waals surface area contributed by atoms with Crippen LogP contribution in [0.3, 0.4) is 0 Å². The fourth-order valence-corrected chi connectivity index (χ4v) is 8.70. The van der Waals surface area contributed by atoms with Gasteiger partial charge in [-0.05, 0) is 35.7 Å². The number of rotatable bonds is 10. The quantitative estimate of drug-likeness (QED) is 0.309. The van der Waals surface area contributed by atoms with Gasteiger partial charge >= 0.3 is 0 Å². The van der Waals surface area contributed by atoms with Gasteiger partial charge in [0.2, 0.25) is 0 Å². The molecule has 0 saturated heterocycles. The van der Waals surface area contributed by atoms with Crippen molar-refractivity contribution in [1.82, 2.24) is 9.80 Å². The standard InChI is InChI=1S/C26H36N2O2S2Si2/c1-33(2,3)17-9-13-27-23(19-11-7-15-31-19)21-22(25(27)29)24(20-12-8-16-32-20)28(26(21)30)14-10-18-34(4,5)6/h7-8,11-12,15-16H,9-10,13-14,17-18H2,1-6H3. The molecule has 0 radical (unpaired) electrons. The van der Waals surface area contributed by atoms with Crippen LogP contribution < -0.4 is 0 Å². The van der Waals surface area contributed by atoms with Gasteiger partial charge in [0.05, 0.1) is 32.3 Å². The largest absolute Gasteiger partial charge is 0.306 e. The van der Waals surface area contributed by atoms with Crippen molar-refractivity contribution in [2.45, 2.75) is 64.2 Å². The predicted molar refractivity (Wildman–Crippen MR) is 151 cm³/mol. The van der Waals surface area contributed by atoms with E-state index in [1.165, 1.54) is 0 Å². The Hall–Kier alpha value is -1.75. The first kappa shape index (κ1) is 25.3. The van der Waals surface area contributed by atoms with Crippen molar-refractivity contribution in [3.05, 3.63) is 55.9 Å². The first-order valence-corrected chi connectivity index (χ1v) is 21.4. The smallest absolute Gasteiger partial charge is 0.261 e. The third-order valence-electron chi connectivity index (χ3n) is 6.31. The highest BCUT2D eigenvalue weighted by Crippen LogP contribution is 2.48. The fraction of sp³-hybridized carbons (Fsp3) is 0.462. The Morgan fingerprint density at radius 1 is 0.676 bits per heavy atom. The van der Waals surface area contributed by atoms with Crippen molar-refractivity contribution in [3.63, 3.8) is 0 Å². The third-order valence-corrected chi connectivity index (χ3v) is 11.8. The van der Waals surface area contributed by atoms with E-state index in [4.69, 9.17) is 0 Å². The van der Waals surface area contributed by atoms with Crippen LogP contribution >= 0.6 is 22.7 Å². The molecule has 0 unspecified atom stereocenters. The summed E-state index contributed by atoms with van der Waals surface area (Å²) in [7, 11) is -2.43. The van der Waals surface area contributed by atoms with Crippen LogP contribution in [0.15, 0.2) is 46.2 Å². The van der Waals surface area contributed by atoms with Gasteiger partial charge in [0.15, 0.2) is 0 Å². The van der Waals surface area contributed by atoms with Crippen LogP contribution in [0.4, 0.5) is 0 Å². The number of amides is 2. The van der Waals surface area contributed by atoms with Crippen LogP contribution in [-0.2, 0) is 9.59 Å². The summed E-state index contributed by atoms with van der Waals surface area (Å²) >= 11 is 3.22. The van der Waals surface area contributed by atoms with Gasteiger partial charge in [0.25, 0.3) is 11.8 Å². The van der Waals surface area contributed by atoms with Gasteiger partial charge in [-0.3, -0.25) is 9.59 Å². The topological polar surface area (TPSA) is 40.6 Å². The predicted octanol–water partition coefficient (Wildman–Crippen LogP) is 7.07. The van der Waals surface area contributed by atoms with E-state index in [2.05, 4.69) is 39.3 Å². The minimum Gasteiger partial charge on any atom is -0.306 e. The second-order valence-corrected chi connectivity index (χ2v) is 24.8. The SMILES string of the molecule is C[Si](C)(C)CCCN1C(=O)C2=C(c3cccs3)N(CCC[Si](C)(C)C)C(=O)C2=C1c1cccs1. The molecule has 0 bridgehead atoms. The highest BCUT2D eigenvalue weighted by molar-refractivity contribution is 7.11. The zero-order chi connectivity index (χ0) is 24.7. The molecule has 4 rings (SSSR count). The first-order valence-electron chi connectivity index (χ1n) is 12.2. The molecule has 0 fully saturated rings. The molecule has 8 heteroatoms. The zero-order valence-electron chi connectivity index (χ0n) is 21.2. The van der Waals surface area contributed by atoms with E-state index in [0.717, 1.165) is 46.1 Å². The van der Waals surface area contributed by atoms with Crippen LogP contribution in [0.2, 0.25) is 51.4 Å². The molecule has 2 aromatic heterocycles. The van der Waals surface area contributed by atoms with Crippen molar-refractivity contribution in [3.8, 4) is 0 Å². The second kappa shape index (κ2) is 9.72. The molecule has 4 heterocycles. The minimum atomic E-state index is -1.21. The number of hydrogen-bond acceptors (Lipinski definition) is 4. The third kappa shape index (κ3) is 5.25. The molecule has 4 nitrogen and oxygen atoms in total. The van der Waals surface area contributed by atoms with Crippen LogP contribution in [-0.4, -0.2) is 50.9 Å². The Balaban J connectivity index is 1.76. The van der Waals surface area contributed by atoms with Gasteiger partial charge in [-0.25, -0.2) is 0 Å². The van der Waals surface area contributed by atoms with E-state index in [-0.39, 0.29) is 11.8 Å². The van der Waals surface area contributed by atoms with Crippen LogP contribution in [0, 0.1) is 0 Å². The maximum absolute atomic E-state index is 14.0. The first-order chi connectivity index (χ1) is 16.0. The summed E-state index contributed by atoms with van der Waals surface area (Å²) < 4.78 is 0. The van der Waals surface area contributed by atoms with Crippen molar-refractivity contribution < 1.29 is 9.59 Å². The average molecular weight is 529 g/mol. The Morgan fingerprint density at radius 2 is 1.06 bits per heavy atom. The maximum Gasteiger partial charge on any atom is 0.261 e. The maximum atomic E-state index is 14.0. The summed E-state index contributed by atoms with van der Waals surface area (Å²) in [6.45, 7) is 15.5. The van der Waals surface area contributed by atoms with Crippen LogP contribution in [0.5, 0.6) is 0 Å². The summed E-state index contributed by atoms with van der Waals surface area (Å²) in [4.78, 5) is 33.7. The summed E-state index contributed by atoms with van der Waals surface area (Å²) in [5.74, 6) is -0.00292. The van der Waals surface area contributed by atoms with E-state index in [1.807, 2.05) is 44.8 Å². The van der Waals surface area contributed by atoms with Crippen LogP contribution in [0.1, 0.15) is 22.6 Å². The van der Waals surface area contributed by atoms with E-state index in [1.54, 1.807) is 22.7 Å². The number of thiophene rings is 2. The van der Waals surface area contributed by atoms with E-state index in [9.17, 15) is 9.59 Å². The van der Waals surface area contributed by atoms with Crippen molar-refractivity contribution >= 4 is 62.0 Å². The van der Waals surface area contributed by atoms with Gasteiger partial charge in [0.1, 0.15) is 0 Å². The molecule has 0 saturated carbocycles. The van der Waals surface area contributed by atoms with Crippen molar-refractivity contribution in [2.24, 2.45) is 0 Å². The lowest BCUT2D eigenvalue weighted by atomic mass is 10.1. The molecule has 0 N–H and O–H groups in total. The number of fused-ring (bicyclic) bond motifs is 1. The molecule has 0 spiro atoms. The molecule has 0 atom stereocenters. The molecule has 34 heavy (non-hydrogen) atoms. The summed E-state index contributed by atoms with van der Waals surface area (Å²) in [5.41, 5.74) is 2.91. The Bertz CT molecular complexity index is 1030. The van der Waals surface area contributed by atoms with Crippen molar-refractivity contribution in [1.29, 1.82) is 0 Å². The molecule has 2 aliphatic heterocycles. The van der Waals surface area contributed by atoms with E-state index >= 15 is 0 Å². The molecular weight excluding hydrogens is 493 g/mol. The molecule has 2 aliphatic rings. The highest BCUT2D eigenvalue weighted by Gasteiger charge is 2.49. The van der Waals surface area contributed by atoms with E-state index in [0.29, 0.717) is 24.2 Å². The summed E-state index contributed by atoms with van der Waals surface area (Å²) in [6.07, 6.45) is 1.94. The molecule has 0 aromatic carbocycles. The lowest BCUT2D eigenvalue weighted by Gasteiger charge is -2.26. The number of carbonyl (C=O) groups is 2. The Morgan fingerprint density at radius 3 is 1.35 bits per heavy atom. The van der Waals surface area contributed by atoms with Gasteiger partial charge in [-0.2, -0.15) is 0 Å². The average Bonchev–Trinajstić information content (AvgIpc) is 3.50. The van der Waals surface area contributed by atoms with Gasteiger partial charge < -0.3 is 9.80 Å². The molecule has 0 aliphatic carbocycles. The molecular formula is C26H36N2O2S2Si2. The van der Waals surface area contributed by atoms with Crippen LogP contribution in [0.25, 0.3) is 11.4 Å². The normalized spacial score (nSPS) is 17.0. The second-order valence-electron chi connectivity index (χ2n) is 11.6. The monoisotopic (exact) mass is 528 g/mol. The fourth-order valence-electron chi connectivity index (χ4n) is 4.70. The van der Waals surface area contributed by atoms with Crippen molar-refractivity contribution in [2.75, 3.05) is 13.1 Å². The van der Waals surface area contributed by atoms with Gasteiger partial charge in [-0.1, -0.05) is 63.5 Å². The number of hydrogen-bond donors (Lipinski definition) is 0. The summed E-state index contributed by atoms with van der Waals surface area (Å²) in [6, 6.07) is 10.4. The Labute approximate surface area is 214 Å².